The van der Waals surface area contributed by atoms with Crippen LogP contribution in [-0.4, -0.2) is 13.9 Å². The number of rotatable bonds is 2. The van der Waals surface area contributed by atoms with Gasteiger partial charge in [-0.2, -0.15) is 0 Å². The van der Waals surface area contributed by atoms with Crippen LogP contribution in [-0.2, 0) is 24.9 Å². The fourth-order valence-electron chi connectivity index (χ4n) is 1.89. The van der Waals surface area contributed by atoms with Crippen molar-refractivity contribution in [3.8, 4) is 0 Å². The van der Waals surface area contributed by atoms with Crippen LogP contribution < -0.4 is 24.8 Å². The normalized spacial score (nSPS) is 15.9. The van der Waals surface area contributed by atoms with Crippen LogP contribution in [0.2, 0.25) is 13.1 Å². The Labute approximate surface area is 124 Å². The van der Waals surface area contributed by atoms with Crippen molar-refractivity contribution in [2.24, 2.45) is 0 Å². The van der Waals surface area contributed by atoms with Crippen LogP contribution in [0.4, 0.5) is 0 Å². The van der Waals surface area contributed by atoms with E-state index in [0.717, 1.165) is 6.42 Å². The van der Waals surface area contributed by atoms with E-state index in [-0.39, 0.29) is 30.4 Å². The molecule has 0 heterocycles. The molecule has 0 saturated carbocycles. The van der Waals surface area contributed by atoms with Gasteiger partial charge >= 0.3 is 100 Å². The van der Waals surface area contributed by atoms with E-state index in [1.54, 1.807) is 0 Å². The SMILES string of the molecule is CC(C)(C)O[Si](C)(C)C1=[C]([Ti+2])CC=C1.[Cl-].[Cl-]. The van der Waals surface area contributed by atoms with Gasteiger partial charge in [0.25, 0.3) is 0 Å². The van der Waals surface area contributed by atoms with Gasteiger partial charge in [0.05, 0.1) is 0 Å². The summed E-state index contributed by atoms with van der Waals surface area (Å²) in [5.74, 6) is 0. The molecule has 0 aliphatic heterocycles. The minimum absolute atomic E-state index is 0. The van der Waals surface area contributed by atoms with Gasteiger partial charge in [0.2, 0.25) is 0 Å². The van der Waals surface area contributed by atoms with Crippen LogP contribution in [0.1, 0.15) is 27.2 Å². The Morgan fingerprint density at radius 1 is 1.25 bits per heavy atom. The third-order valence-electron chi connectivity index (χ3n) is 2.14. The van der Waals surface area contributed by atoms with E-state index >= 15 is 0 Å². The second-order valence-corrected chi connectivity index (χ2v) is 9.93. The second kappa shape index (κ2) is 6.77. The molecule has 0 saturated heterocycles. The standard InChI is InChI=1S/C11H19OSi.2ClH.Ti/c1-11(2,3)12-13(4,5)10-8-6-7-9-10;;;/h6,8H,7H2,1-5H3;2*1H;/q;;;+2/p-2. The fourth-order valence-corrected chi connectivity index (χ4v) is 6.60. The van der Waals surface area contributed by atoms with Gasteiger partial charge in [-0.15, -0.1) is 0 Å². The number of hydrogen-bond acceptors (Lipinski definition) is 1. The van der Waals surface area contributed by atoms with E-state index in [1.807, 2.05) is 0 Å². The molecule has 0 atom stereocenters. The molecule has 1 aliphatic rings. The van der Waals surface area contributed by atoms with E-state index in [0.29, 0.717) is 0 Å². The summed E-state index contributed by atoms with van der Waals surface area (Å²) in [7, 11) is -1.68. The Hall–Kier alpha value is 0.951. The van der Waals surface area contributed by atoms with Crippen LogP contribution in [0, 0.1) is 0 Å². The predicted octanol–water partition coefficient (Wildman–Crippen LogP) is -2.69. The molecule has 0 N–H and O–H groups in total. The minimum atomic E-state index is -1.68. The van der Waals surface area contributed by atoms with Crippen molar-refractivity contribution in [3.63, 3.8) is 0 Å². The maximum atomic E-state index is 6.21. The van der Waals surface area contributed by atoms with Crippen molar-refractivity contribution in [1.29, 1.82) is 0 Å². The van der Waals surface area contributed by atoms with Crippen molar-refractivity contribution in [1.82, 2.24) is 0 Å². The van der Waals surface area contributed by atoms with Gasteiger partial charge in [-0.1, -0.05) is 0 Å². The molecule has 0 spiro atoms. The monoisotopic (exact) mass is 313 g/mol. The predicted molar refractivity (Wildman–Crippen MR) is 59.1 cm³/mol. The summed E-state index contributed by atoms with van der Waals surface area (Å²) in [6.45, 7) is 11.0. The summed E-state index contributed by atoms with van der Waals surface area (Å²) in [5.41, 5.74) is -0.0283. The van der Waals surface area contributed by atoms with Crippen LogP contribution >= 0.6 is 0 Å². The molecular formula is C11H19Cl2OSiTi. The van der Waals surface area contributed by atoms with E-state index in [9.17, 15) is 0 Å². The number of hydrogen-bond donors (Lipinski definition) is 0. The molecular weight excluding hydrogens is 295 g/mol. The summed E-state index contributed by atoms with van der Waals surface area (Å²) in [6, 6.07) is 0. The zero-order valence-electron chi connectivity index (χ0n) is 10.5. The maximum absolute atomic E-state index is 6.21. The molecule has 0 aromatic carbocycles. The van der Waals surface area contributed by atoms with Crippen molar-refractivity contribution < 1.29 is 49.7 Å². The smallest absolute Gasteiger partial charge is 1.00 e. The van der Waals surface area contributed by atoms with Crippen LogP contribution in [0.25, 0.3) is 0 Å². The first kappa shape index (κ1) is 19.3. The molecule has 1 rings (SSSR count). The summed E-state index contributed by atoms with van der Waals surface area (Å²) in [6.07, 6.45) is 5.61. The van der Waals surface area contributed by atoms with Gasteiger partial charge in [0.1, 0.15) is 0 Å². The maximum Gasteiger partial charge on any atom is -1.00 e. The van der Waals surface area contributed by atoms with Crippen molar-refractivity contribution in [3.05, 3.63) is 21.2 Å². The Kier molecular flexibility index (Phi) is 8.16. The molecule has 1 aliphatic carbocycles. The summed E-state index contributed by atoms with van der Waals surface area (Å²) >= 11 is 2.22. The van der Waals surface area contributed by atoms with Gasteiger partial charge in [-0.05, 0) is 0 Å². The topological polar surface area (TPSA) is 9.23 Å². The van der Waals surface area contributed by atoms with Crippen molar-refractivity contribution >= 4 is 8.32 Å². The van der Waals surface area contributed by atoms with E-state index in [2.05, 4.69) is 66.5 Å². The molecule has 0 amide bonds. The summed E-state index contributed by atoms with van der Waals surface area (Å²) in [4.78, 5) is 0. The molecule has 0 bridgehead atoms. The molecule has 0 aromatic rings. The third kappa shape index (κ3) is 5.52. The van der Waals surface area contributed by atoms with Crippen molar-refractivity contribution in [2.75, 3.05) is 0 Å². The number of halogens is 2. The molecule has 0 unspecified atom stereocenters. The summed E-state index contributed by atoms with van der Waals surface area (Å²) < 4.78 is 7.70. The van der Waals surface area contributed by atoms with Crippen LogP contribution in [0.15, 0.2) is 21.2 Å². The average Bonchev–Trinajstić information content (AvgIpc) is 2.29. The Bertz CT molecular complexity index is 293. The Morgan fingerprint density at radius 2 is 1.75 bits per heavy atom. The number of allylic oxidation sites excluding steroid dienone is 4. The van der Waals surface area contributed by atoms with Gasteiger partial charge in [0, 0.05) is 0 Å². The van der Waals surface area contributed by atoms with E-state index in [4.69, 9.17) is 4.43 Å². The van der Waals surface area contributed by atoms with E-state index in [1.165, 1.54) is 9.07 Å². The van der Waals surface area contributed by atoms with E-state index < -0.39 is 8.32 Å². The molecule has 16 heavy (non-hydrogen) atoms. The Morgan fingerprint density at radius 3 is 2.06 bits per heavy atom. The molecule has 0 fully saturated rings. The third-order valence-corrected chi connectivity index (χ3v) is 6.16. The quantitative estimate of drug-likeness (QED) is 0.505. The van der Waals surface area contributed by atoms with Crippen LogP contribution in [0.3, 0.4) is 0 Å². The summed E-state index contributed by atoms with van der Waals surface area (Å²) in [5, 5.41) is 1.48. The molecule has 0 aromatic heterocycles. The van der Waals surface area contributed by atoms with Crippen molar-refractivity contribution in [2.45, 2.75) is 45.9 Å². The minimum Gasteiger partial charge on any atom is -1.00 e. The Balaban J connectivity index is 0. The first-order chi connectivity index (χ1) is 6.22. The molecule has 91 valence electrons. The van der Waals surface area contributed by atoms with Gasteiger partial charge in [0.15, 0.2) is 0 Å². The molecule has 5 heteroatoms. The van der Waals surface area contributed by atoms with Gasteiger partial charge in [-0.3, -0.25) is 0 Å². The molecule has 1 nitrogen and oxygen atoms in total. The van der Waals surface area contributed by atoms with Crippen LogP contribution in [0.5, 0.6) is 0 Å². The van der Waals surface area contributed by atoms with Gasteiger partial charge in [-0.25, -0.2) is 0 Å². The first-order valence-corrected chi connectivity index (χ1v) is 8.73. The average molecular weight is 314 g/mol. The first-order valence-electron chi connectivity index (χ1n) is 5.04. The fraction of sp³-hybridized carbons (Fsp3) is 0.636. The van der Waals surface area contributed by atoms with Gasteiger partial charge < -0.3 is 24.8 Å². The zero-order chi connectivity index (χ0) is 11.0. The molecule has 0 radical (unpaired) electrons. The second-order valence-electron chi connectivity index (χ2n) is 5.22. The zero-order valence-corrected chi connectivity index (χ0v) is 14.6. The largest absolute Gasteiger partial charge is 1.00 e.